The molecule has 84 valence electrons. The molecule has 0 saturated heterocycles. The number of nitrogens with zero attached hydrogens (tertiary/aromatic N) is 2. The van der Waals surface area contributed by atoms with Crippen LogP contribution in [0.15, 0.2) is 47.6 Å². The molecule has 0 aliphatic carbocycles. The number of benzene rings is 1. The maximum absolute atomic E-state index is 8.77. The van der Waals surface area contributed by atoms with Crippen LogP contribution < -0.4 is 0 Å². The van der Waals surface area contributed by atoms with Crippen molar-refractivity contribution in [3.63, 3.8) is 0 Å². The number of aliphatic hydroxyl groups excluding tert-OH is 1. The normalized spacial score (nSPS) is 10.6. The molecule has 0 aliphatic rings. The lowest BCUT2D eigenvalue weighted by molar-refractivity contribution is 0.269. The molecule has 0 unspecified atom stereocenters. The van der Waals surface area contributed by atoms with E-state index < -0.39 is 0 Å². The predicted octanol–water partition coefficient (Wildman–Crippen LogP) is 2.17. The fourth-order valence-electron chi connectivity index (χ4n) is 1.38. The van der Waals surface area contributed by atoms with Gasteiger partial charge in [-0.05, 0) is 5.56 Å². The fraction of sp³-hybridized carbons (Fsp3) is 0.250. The molecule has 4 heteroatoms. The lowest BCUT2D eigenvalue weighted by Gasteiger charge is -1.98. The molecule has 1 aromatic carbocycles. The topological polar surface area (TPSA) is 38.0 Å². The van der Waals surface area contributed by atoms with Crippen LogP contribution in [0.2, 0.25) is 0 Å². The molecule has 2 rings (SSSR count). The molecule has 1 aromatic heterocycles. The number of thioether (sulfide) groups is 1. The van der Waals surface area contributed by atoms with E-state index in [1.54, 1.807) is 16.4 Å². The summed E-state index contributed by atoms with van der Waals surface area (Å²) in [6.45, 7) is 0.691. The van der Waals surface area contributed by atoms with E-state index in [1.165, 1.54) is 5.56 Å². The summed E-state index contributed by atoms with van der Waals surface area (Å²) in [5, 5.41) is 12.9. The predicted molar refractivity (Wildman–Crippen MR) is 65.3 cm³/mol. The number of rotatable bonds is 5. The van der Waals surface area contributed by atoms with Crippen molar-refractivity contribution in [1.82, 2.24) is 9.78 Å². The first-order chi connectivity index (χ1) is 7.88. The largest absolute Gasteiger partial charge is 0.394 e. The molecule has 0 fully saturated rings. The Morgan fingerprint density at radius 3 is 2.81 bits per heavy atom. The minimum atomic E-state index is 0.129. The van der Waals surface area contributed by atoms with Crippen LogP contribution in [-0.4, -0.2) is 21.5 Å². The van der Waals surface area contributed by atoms with Crippen molar-refractivity contribution in [3.8, 4) is 0 Å². The molecule has 16 heavy (non-hydrogen) atoms. The molecule has 0 radical (unpaired) electrons. The van der Waals surface area contributed by atoms with Crippen molar-refractivity contribution in [2.75, 3.05) is 6.61 Å². The molecule has 0 spiro atoms. The van der Waals surface area contributed by atoms with Gasteiger partial charge in [0.05, 0.1) is 19.3 Å². The second kappa shape index (κ2) is 5.72. The molecular formula is C12H14N2OS. The van der Waals surface area contributed by atoms with Crippen molar-refractivity contribution in [1.29, 1.82) is 0 Å². The van der Waals surface area contributed by atoms with Crippen LogP contribution in [0.5, 0.6) is 0 Å². The Labute approximate surface area is 99.1 Å². The highest BCUT2D eigenvalue weighted by Crippen LogP contribution is 2.21. The fourth-order valence-corrected chi connectivity index (χ4v) is 2.23. The highest BCUT2D eigenvalue weighted by molar-refractivity contribution is 7.98. The first-order valence-electron chi connectivity index (χ1n) is 5.18. The van der Waals surface area contributed by atoms with Gasteiger partial charge in [0.2, 0.25) is 0 Å². The highest BCUT2D eigenvalue weighted by Gasteiger charge is 1.99. The van der Waals surface area contributed by atoms with Gasteiger partial charge in [0, 0.05) is 16.8 Å². The first-order valence-corrected chi connectivity index (χ1v) is 6.17. The third kappa shape index (κ3) is 3.12. The summed E-state index contributed by atoms with van der Waals surface area (Å²) < 4.78 is 1.76. The standard InChI is InChI=1S/C12H14N2OS/c15-7-6-14-9-12(8-13-14)16-10-11-4-2-1-3-5-11/h1-5,8-9,15H,6-7,10H2. The van der Waals surface area contributed by atoms with Crippen LogP contribution in [0.3, 0.4) is 0 Å². The Hall–Kier alpha value is -1.26. The van der Waals surface area contributed by atoms with Gasteiger partial charge < -0.3 is 5.11 Å². The molecule has 1 heterocycles. The minimum absolute atomic E-state index is 0.129. The zero-order valence-electron chi connectivity index (χ0n) is 8.91. The van der Waals surface area contributed by atoms with Gasteiger partial charge in [-0.3, -0.25) is 4.68 Å². The van der Waals surface area contributed by atoms with Crippen molar-refractivity contribution < 1.29 is 5.11 Å². The summed E-state index contributed by atoms with van der Waals surface area (Å²) in [6, 6.07) is 10.3. The summed E-state index contributed by atoms with van der Waals surface area (Å²) >= 11 is 1.76. The first kappa shape index (κ1) is 11.2. The number of aliphatic hydroxyl groups is 1. The van der Waals surface area contributed by atoms with Gasteiger partial charge >= 0.3 is 0 Å². The summed E-state index contributed by atoms with van der Waals surface area (Å²) in [6.07, 6.45) is 3.80. The van der Waals surface area contributed by atoms with E-state index in [0.717, 1.165) is 10.6 Å². The molecule has 0 amide bonds. The van der Waals surface area contributed by atoms with Crippen molar-refractivity contribution in [2.24, 2.45) is 0 Å². The second-order valence-electron chi connectivity index (χ2n) is 3.44. The average molecular weight is 234 g/mol. The molecule has 0 atom stereocenters. The van der Waals surface area contributed by atoms with Crippen LogP contribution >= 0.6 is 11.8 Å². The van der Waals surface area contributed by atoms with E-state index in [-0.39, 0.29) is 6.61 Å². The summed E-state index contributed by atoms with van der Waals surface area (Å²) in [5.41, 5.74) is 1.31. The van der Waals surface area contributed by atoms with E-state index in [2.05, 4.69) is 17.2 Å². The zero-order valence-corrected chi connectivity index (χ0v) is 9.73. The Morgan fingerprint density at radius 1 is 1.25 bits per heavy atom. The van der Waals surface area contributed by atoms with Gasteiger partial charge in [-0.1, -0.05) is 30.3 Å². The smallest absolute Gasteiger partial charge is 0.0641 e. The summed E-state index contributed by atoms with van der Waals surface area (Å²) in [4.78, 5) is 1.14. The third-order valence-electron chi connectivity index (χ3n) is 2.19. The van der Waals surface area contributed by atoms with Gasteiger partial charge in [-0.2, -0.15) is 5.10 Å². The van der Waals surface area contributed by atoms with Crippen LogP contribution in [0.25, 0.3) is 0 Å². The SMILES string of the molecule is OCCn1cc(SCc2ccccc2)cn1. The van der Waals surface area contributed by atoms with Crippen LogP contribution in [0, 0.1) is 0 Å². The van der Waals surface area contributed by atoms with E-state index in [4.69, 9.17) is 5.11 Å². The Bertz CT molecular complexity index is 428. The van der Waals surface area contributed by atoms with E-state index >= 15 is 0 Å². The van der Waals surface area contributed by atoms with Crippen LogP contribution in [0.4, 0.5) is 0 Å². The number of hydrogen-bond donors (Lipinski definition) is 1. The monoisotopic (exact) mass is 234 g/mol. The van der Waals surface area contributed by atoms with E-state index in [0.29, 0.717) is 6.54 Å². The van der Waals surface area contributed by atoms with Gasteiger partial charge in [0.25, 0.3) is 0 Å². The zero-order chi connectivity index (χ0) is 11.2. The number of aromatic nitrogens is 2. The van der Waals surface area contributed by atoms with Crippen molar-refractivity contribution >= 4 is 11.8 Å². The third-order valence-corrected chi connectivity index (χ3v) is 3.21. The molecule has 0 bridgehead atoms. The molecule has 2 aromatic rings. The second-order valence-corrected chi connectivity index (χ2v) is 4.49. The van der Waals surface area contributed by atoms with Crippen LogP contribution in [0.1, 0.15) is 5.56 Å². The highest BCUT2D eigenvalue weighted by atomic mass is 32.2. The van der Waals surface area contributed by atoms with E-state index in [9.17, 15) is 0 Å². The van der Waals surface area contributed by atoms with Gasteiger partial charge in [0.15, 0.2) is 0 Å². The van der Waals surface area contributed by atoms with Gasteiger partial charge in [-0.15, -0.1) is 11.8 Å². The van der Waals surface area contributed by atoms with Crippen molar-refractivity contribution in [2.45, 2.75) is 17.2 Å². The van der Waals surface area contributed by atoms with Gasteiger partial charge in [0.1, 0.15) is 0 Å². The Balaban J connectivity index is 1.89. The lowest BCUT2D eigenvalue weighted by atomic mass is 10.2. The molecular weight excluding hydrogens is 220 g/mol. The summed E-state index contributed by atoms with van der Waals surface area (Å²) in [7, 11) is 0. The molecule has 1 N–H and O–H groups in total. The van der Waals surface area contributed by atoms with Gasteiger partial charge in [-0.25, -0.2) is 0 Å². The molecule has 3 nitrogen and oxygen atoms in total. The van der Waals surface area contributed by atoms with Crippen molar-refractivity contribution in [3.05, 3.63) is 48.3 Å². The minimum Gasteiger partial charge on any atom is -0.394 e. The number of hydrogen-bond acceptors (Lipinski definition) is 3. The Morgan fingerprint density at radius 2 is 2.06 bits per heavy atom. The molecule has 0 saturated carbocycles. The van der Waals surface area contributed by atoms with E-state index in [1.807, 2.05) is 30.6 Å². The maximum atomic E-state index is 8.77. The average Bonchev–Trinajstić information content (AvgIpc) is 2.76. The molecule has 0 aliphatic heterocycles. The quantitative estimate of drug-likeness (QED) is 0.806. The lowest BCUT2D eigenvalue weighted by Crippen LogP contribution is -2.01. The summed E-state index contributed by atoms with van der Waals surface area (Å²) in [5.74, 6) is 0.950. The Kier molecular flexibility index (Phi) is 4.02. The van der Waals surface area contributed by atoms with Crippen LogP contribution in [-0.2, 0) is 12.3 Å². The maximum Gasteiger partial charge on any atom is 0.0641 e.